The molecule has 0 saturated heterocycles. The molecule has 23 heavy (non-hydrogen) atoms. The van der Waals surface area contributed by atoms with Crippen LogP contribution in [0.1, 0.15) is 11.4 Å². The van der Waals surface area contributed by atoms with Crippen LogP contribution < -0.4 is 5.63 Å². The second-order valence-electron chi connectivity index (χ2n) is 5.24. The number of aromatic nitrogens is 2. The summed E-state index contributed by atoms with van der Waals surface area (Å²) >= 11 is 3.42. The van der Waals surface area contributed by atoms with Crippen LogP contribution in [0.2, 0.25) is 0 Å². The molecule has 5 heteroatoms. The third-order valence-electron chi connectivity index (χ3n) is 3.68. The van der Waals surface area contributed by atoms with E-state index in [0.717, 1.165) is 15.4 Å². The van der Waals surface area contributed by atoms with E-state index < -0.39 is 5.63 Å². The van der Waals surface area contributed by atoms with Crippen molar-refractivity contribution < 1.29 is 4.42 Å². The van der Waals surface area contributed by atoms with Crippen molar-refractivity contribution in [1.82, 2.24) is 9.97 Å². The van der Waals surface area contributed by atoms with E-state index in [9.17, 15) is 4.79 Å². The van der Waals surface area contributed by atoms with Gasteiger partial charge in [-0.25, -0.2) is 14.8 Å². The highest BCUT2D eigenvalue weighted by atomic mass is 79.9. The first-order valence-corrected chi connectivity index (χ1v) is 7.92. The van der Waals surface area contributed by atoms with Crippen molar-refractivity contribution in [3.63, 3.8) is 0 Å². The van der Waals surface area contributed by atoms with E-state index in [4.69, 9.17) is 4.42 Å². The summed E-state index contributed by atoms with van der Waals surface area (Å²) in [5, 5.41) is 1.23. The Morgan fingerprint density at radius 2 is 1.78 bits per heavy atom. The Bertz CT molecular complexity index is 1070. The Hall–Kier alpha value is -2.53. The molecule has 0 atom stereocenters. The van der Waals surface area contributed by atoms with Crippen LogP contribution in [-0.4, -0.2) is 9.97 Å². The van der Waals surface area contributed by atoms with Crippen LogP contribution in [0.4, 0.5) is 0 Å². The Morgan fingerprint density at radius 3 is 2.61 bits per heavy atom. The lowest BCUT2D eigenvalue weighted by molar-refractivity contribution is 0.569. The fourth-order valence-electron chi connectivity index (χ4n) is 2.55. The number of hydrogen-bond acceptors (Lipinski definition) is 4. The van der Waals surface area contributed by atoms with Crippen LogP contribution >= 0.6 is 15.9 Å². The first-order valence-electron chi connectivity index (χ1n) is 7.12. The summed E-state index contributed by atoms with van der Waals surface area (Å²) in [6.07, 6.45) is 2.16. The summed E-state index contributed by atoms with van der Waals surface area (Å²) in [4.78, 5) is 21.0. The number of hydrogen-bond donors (Lipinski definition) is 0. The zero-order valence-corrected chi connectivity index (χ0v) is 13.6. The molecule has 0 unspecified atom stereocenters. The van der Waals surface area contributed by atoms with Gasteiger partial charge in [-0.3, -0.25) is 0 Å². The van der Waals surface area contributed by atoms with E-state index in [1.165, 1.54) is 0 Å². The standard InChI is InChI=1S/C18H11BrN2O2/c19-12-7-5-11(6-8-12)9-16-20-10-14-17(21-16)13-3-1-2-4-15(13)23-18(14)22/h1-8,10H,9H2. The largest absolute Gasteiger partial charge is 0.422 e. The lowest BCUT2D eigenvalue weighted by Gasteiger charge is -2.04. The molecule has 0 bridgehead atoms. The molecule has 0 spiro atoms. The van der Waals surface area contributed by atoms with E-state index in [1.807, 2.05) is 42.5 Å². The number of para-hydroxylation sites is 1. The molecular formula is C18H11BrN2O2. The van der Waals surface area contributed by atoms with Crippen molar-refractivity contribution in [3.8, 4) is 0 Å². The van der Waals surface area contributed by atoms with E-state index in [-0.39, 0.29) is 0 Å². The monoisotopic (exact) mass is 366 g/mol. The normalized spacial score (nSPS) is 11.2. The van der Waals surface area contributed by atoms with E-state index in [1.54, 1.807) is 12.3 Å². The molecule has 0 N–H and O–H groups in total. The van der Waals surface area contributed by atoms with Crippen LogP contribution in [0, 0.1) is 0 Å². The summed E-state index contributed by atoms with van der Waals surface area (Å²) in [6.45, 7) is 0. The van der Waals surface area contributed by atoms with Crippen molar-refractivity contribution in [2.24, 2.45) is 0 Å². The smallest absolute Gasteiger partial charge is 0.347 e. The van der Waals surface area contributed by atoms with Gasteiger partial charge in [-0.05, 0) is 29.8 Å². The van der Waals surface area contributed by atoms with Crippen LogP contribution in [0.5, 0.6) is 0 Å². The molecule has 0 fully saturated rings. The molecule has 4 aromatic rings. The maximum absolute atomic E-state index is 12.0. The molecule has 112 valence electrons. The van der Waals surface area contributed by atoms with Gasteiger partial charge in [0.25, 0.3) is 0 Å². The van der Waals surface area contributed by atoms with Crippen molar-refractivity contribution in [1.29, 1.82) is 0 Å². The van der Waals surface area contributed by atoms with Gasteiger partial charge in [0, 0.05) is 22.5 Å². The molecule has 0 saturated carbocycles. The molecule has 2 aromatic heterocycles. The number of benzene rings is 2. The molecule has 4 rings (SSSR count). The fourth-order valence-corrected chi connectivity index (χ4v) is 2.81. The van der Waals surface area contributed by atoms with Gasteiger partial charge in [-0.2, -0.15) is 0 Å². The summed E-state index contributed by atoms with van der Waals surface area (Å²) in [5.74, 6) is 0.676. The average Bonchev–Trinajstić information content (AvgIpc) is 2.57. The number of halogens is 1. The van der Waals surface area contributed by atoms with Gasteiger partial charge in [0.1, 0.15) is 16.8 Å². The van der Waals surface area contributed by atoms with Gasteiger partial charge in [0.2, 0.25) is 0 Å². The Balaban J connectivity index is 1.88. The number of rotatable bonds is 2. The molecule has 0 aliphatic heterocycles. The first-order chi connectivity index (χ1) is 11.2. The zero-order chi connectivity index (χ0) is 15.8. The minimum Gasteiger partial charge on any atom is -0.422 e. The van der Waals surface area contributed by atoms with Gasteiger partial charge >= 0.3 is 5.63 Å². The molecule has 0 aliphatic carbocycles. The van der Waals surface area contributed by atoms with Crippen molar-refractivity contribution in [3.05, 3.63) is 81.0 Å². The Labute approximate surface area is 139 Å². The van der Waals surface area contributed by atoms with E-state index in [2.05, 4.69) is 25.9 Å². The predicted octanol–water partition coefficient (Wildman–Crippen LogP) is 4.09. The summed E-state index contributed by atoms with van der Waals surface area (Å²) in [7, 11) is 0. The maximum atomic E-state index is 12.0. The molecule has 0 radical (unpaired) electrons. The van der Waals surface area contributed by atoms with Crippen LogP contribution in [0.25, 0.3) is 21.9 Å². The van der Waals surface area contributed by atoms with Gasteiger partial charge in [-0.1, -0.05) is 40.2 Å². The number of nitrogens with zero attached hydrogens (tertiary/aromatic N) is 2. The topological polar surface area (TPSA) is 56.0 Å². The zero-order valence-electron chi connectivity index (χ0n) is 12.0. The lowest BCUT2D eigenvalue weighted by Crippen LogP contribution is -2.05. The minimum absolute atomic E-state index is 0.406. The highest BCUT2D eigenvalue weighted by Crippen LogP contribution is 2.21. The maximum Gasteiger partial charge on any atom is 0.347 e. The molecule has 2 aromatic carbocycles. The number of fused-ring (bicyclic) bond motifs is 3. The third-order valence-corrected chi connectivity index (χ3v) is 4.21. The van der Waals surface area contributed by atoms with E-state index >= 15 is 0 Å². The Kier molecular flexibility index (Phi) is 3.42. The molecule has 0 amide bonds. The van der Waals surface area contributed by atoms with Crippen LogP contribution in [0.3, 0.4) is 0 Å². The minimum atomic E-state index is -0.408. The third kappa shape index (κ3) is 2.64. The average molecular weight is 367 g/mol. The molecular weight excluding hydrogens is 356 g/mol. The van der Waals surface area contributed by atoms with Gasteiger partial charge in [-0.15, -0.1) is 0 Å². The fraction of sp³-hybridized carbons (Fsp3) is 0.0556. The SMILES string of the molecule is O=c1oc2ccccc2c2nc(Cc3ccc(Br)cc3)ncc12. The lowest BCUT2D eigenvalue weighted by atomic mass is 10.1. The van der Waals surface area contributed by atoms with E-state index in [0.29, 0.717) is 28.7 Å². The second kappa shape index (κ2) is 5.59. The van der Waals surface area contributed by atoms with Crippen LogP contribution in [0.15, 0.2) is 68.4 Å². The highest BCUT2D eigenvalue weighted by Gasteiger charge is 2.10. The second-order valence-corrected chi connectivity index (χ2v) is 6.15. The van der Waals surface area contributed by atoms with Crippen molar-refractivity contribution >= 4 is 37.8 Å². The quantitative estimate of drug-likeness (QED) is 0.396. The van der Waals surface area contributed by atoms with Gasteiger partial charge in [0.15, 0.2) is 0 Å². The van der Waals surface area contributed by atoms with Crippen molar-refractivity contribution in [2.75, 3.05) is 0 Å². The summed E-state index contributed by atoms with van der Waals surface area (Å²) in [6, 6.07) is 15.4. The van der Waals surface area contributed by atoms with Gasteiger partial charge < -0.3 is 4.42 Å². The summed E-state index contributed by atoms with van der Waals surface area (Å²) in [5.41, 5.74) is 1.88. The van der Waals surface area contributed by atoms with Gasteiger partial charge in [0.05, 0.1) is 5.52 Å². The van der Waals surface area contributed by atoms with Crippen molar-refractivity contribution in [2.45, 2.75) is 6.42 Å². The van der Waals surface area contributed by atoms with Crippen LogP contribution in [-0.2, 0) is 6.42 Å². The molecule has 2 heterocycles. The Morgan fingerprint density at radius 1 is 1.00 bits per heavy atom. The first kappa shape index (κ1) is 14.1. The molecule has 4 nitrogen and oxygen atoms in total. The molecule has 0 aliphatic rings. The highest BCUT2D eigenvalue weighted by molar-refractivity contribution is 9.10. The predicted molar refractivity (Wildman–Crippen MR) is 92.5 cm³/mol. The summed E-state index contributed by atoms with van der Waals surface area (Å²) < 4.78 is 6.34.